The zero-order valence-electron chi connectivity index (χ0n) is 11.0. The number of hydrogen-bond acceptors (Lipinski definition) is 4. The van der Waals surface area contributed by atoms with E-state index < -0.39 is 5.54 Å². The average molecular weight is 260 g/mol. The minimum atomic E-state index is -0.974. The van der Waals surface area contributed by atoms with Crippen LogP contribution in [-0.2, 0) is 15.0 Å². The zero-order chi connectivity index (χ0) is 13.6. The van der Waals surface area contributed by atoms with E-state index in [-0.39, 0.29) is 6.10 Å². The molecule has 1 fully saturated rings. The van der Waals surface area contributed by atoms with E-state index in [1.807, 2.05) is 30.3 Å². The number of nitrogens with zero attached hydrogens (tertiary/aromatic N) is 1. The molecule has 2 atom stereocenters. The number of nitrogens with two attached hydrogens (primary N) is 1. The highest BCUT2D eigenvalue weighted by atomic mass is 16.5. The van der Waals surface area contributed by atoms with Crippen LogP contribution < -0.4 is 5.73 Å². The fourth-order valence-electron chi connectivity index (χ4n) is 2.22. The summed E-state index contributed by atoms with van der Waals surface area (Å²) in [6.07, 6.45) is 2.87. The monoisotopic (exact) mass is 260 g/mol. The lowest BCUT2D eigenvalue weighted by atomic mass is 9.89. The molecule has 1 aliphatic heterocycles. The van der Waals surface area contributed by atoms with Crippen molar-refractivity contribution in [3.63, 3.8) is 0 Å². The lowest BCUT2D eigenvalue weighted by Crippen LogP contribution is -2.36. The number of ether oxygens (including phenoxy) is 2. The third-order valence-electron chi connectivity index (χ3n) is 3.46. The lowest BCUT2D eigenvalue weighted by molar-refractivity contribution is 0.0135. The molecule has 1 aliphatic rings. The number of rotatable bonds is 6. The maximum Gasteiger partial charge on any atom is 0.132 e. The van der Waals surface area contributed by atoms with E-state index in [2.05, 4.69) is 6.07 Å². The Kier molecular flexibility index (Phi) is 4.92. The molecule has 2 N–H and O–H groups in total. The molecule has 1 heterocycles. The molecule has 0 aromatic heterocycles. The van der Waals surface area contributed by atoms with Crippen LogP contribution in [0.3, 0.4) is 0 Å². The number of benzene rings is 1. The van der Waals surface area contributed by atoms with Gasteiger partial charge in [0.15, 0.2) is 0 Å². The van der Waals surface area contributed by atoms with Crippen LogP contribution in [0.1, 0.15) is 24.8 Å². The first kappa shape index (κ1) is 14.0. The average Bonchev–Trinajstić information content (AvgIpc) is 2.97. The van der Waals surface area contributed by atoms with Gasteiger partial charge in [0.2, 0.25) is 0 Å². The summed E-state index contributed by atoms with van der Waals surface area (Å²) >= 11 is 0. The van der Waals surface area contributed by atoms with Crippen LogP contribution in [0.15, 0.2) is 30.3 Å². The predicted octanol–water partition coefficient (Wildman–Crippen LogP) is 1.95. The molecule has 4 nitrogen and oxygen atoms in total. The molecule has 4 heteroatoms. The van der Waals surface area contributed by atoms with Gasteiger partial charge in [0.1, 0.15) is 5.54 Å². The normalized spacial score (nSPS) is 21.8. The van der Waals surface area contributed by atoms with Crippen LogP contribution in [0.2, 0.25) is 0 Å². The molecule has 2 unspecified atom stereocenters. The van der Waals surface area contributed by atoms with Crippen molar-refractivity contribution in [3.8, 4) is 6.07 Å². The van der Waals surface area contributed by atoms with E-state index in [1.54, 1.807) is 0 Å². The third kappa shape index (κ3) is 3.77. The van der Waals surface area contributed by atoms with Gasteiger partial charge in [-0.2, -0.15) is 5.26 Å². The van der Waals surface area contributed by atoms with Crippen LogP contribution in [0.25, 0.3) is 0 Å². The second kappa shape index (κ2) is 6.67. The molecule has 1 aromatic carbocycles. The van der Waals surface area contributed by atoms with E-state index in [4.69, 9.17) is 15.2 Å². The Hall–Kier alpha value is -1.41. The predicted molar refractivity (Wildman–Crippen MR) is 72.3 cm³/mol. The second-order valence-electron chi connectivity index (χ2n) is 4.91. The first-order valence-corrected chi connectivity index (χ1v) is 6.69. The van der Waals surface area contributed by atoms with Crippen molar-refractivity contribution < 1.29 is 9.47 Å². The maximum absolute atomic E-state index is 9.29. The van der Waals surface area contributed by atoms with Gasteiger partial charge < -0.3 is 15.2 Å². The van der Waals surface area contributed by atoms with Gasteiger partial charge in [0.25, 0.3) is 0 Å². The van der Waals surface area contributed by atoms with Gasteiger partial charge in [-0.25, -0.2) is 0 Å². The van der Waals surface area contributed by atoms with Crippen LogP contribution in [-0.4, -0.2) is 25.9 Å². The highest BCUT2D eigenvalue weighted by molar-refractivity contribution is 5.30. The molecule has 0 radical (unpaired) electrons. The van der Waals surface area contributed by atoms with Gasteiger partial charge in [0, 0.05) is 19.6 Å². The molecule has 0 amide bonds. The first-order valence-electron chi connectivity index (χ1n) is 6.69. The third-order valence-corrected chi connectivity index (χ3v) is 3.46. The Morgan fingerprint density at radius 2 is 2.21 bits per heavy atom. The summed E-state index contributed by atoms with van der Waals surface area (Å²) in [5.41, 5.74) is 6.00. The summed E-state index contributed by atoms with van der Waals surface area (Å²) in [6.45, 7) is 1.90. The topological polar surface area (TPSA) is 68.3 Å². The van der Waals surface area contributed by atoms with Crippen LogP contribution in [0.4, 0.5) is 0 Å². The number of nitriles is 1. The molecule has 1 aromatic rings. The maximum atomic E-state index is 9.29. The zero-order valence-corrected chi connectivity index (χ0v) is 11.0. The Bertz CT molecular complexity index is 424. The summed E-state index contributed by atoms with van der Waals surface area (Å²) in [5, 5.41) is 9.29. The summed E-state index contributed by atoms with van der Waals surface area (Å²) in [5.74, 6) is 0. The number of hydrogen-bond donors (Lipinski definition) is 1. The van der Waals surface area contributed by atoms with Crippen molar-refractivity contribution in [2.24, 2.45) is 5.73 Å². The van der Waals surface area contributed by atoms with Crippen molar-refractivity contribution >= 4 is 0 Å². The largest absolute Gasteiger partial charge is 0.379 e. The molecule has 102 valence electrons. The summed E-state index contributed by atoms with van der Waals surface area (Å²) < 4.78 is 11.1. The lowest BCUT2D eigenvalue weighted by Gasteiger charge is -2.22. The molecule has 0 bridgehead atoms. The Labute approximate surface area is 114 Å². The van der Waals surface area contributed by atoms with Crippen molar-refractivity contribution in [1.29, 1.82) is 5.26 Å². The summed E-state index contributed by atoms with van der Waals surface area (Å²) in [6, 6.07) is 11.6. The van der Waals surface area contributed by atoms with Gasteiger partial charge >= 0.3 is 0 Å². The van der Waals surface area contributed by atoms with Gasteiger partial charge in [-0.05, 0) is 18.4 Å². The summed E-state index contributed by atoms with van der Waals surface area (Å²) in [4.78, 5) is 0. The van der Waals surface area contributed by atoms with Crippen LogP contribution in [0.5, 0.6) is 0 Å². The molecule has 1 saturated heterocycles. The van der Waals surface area contributed by atoms with E-state index in [0.717, 1.165) is 25.0 Å². The quantitative estimate of drug-likeness (QED) is 0.794. The van der Waals surface area contributed by atoms with Gasteiger partial charge in [-0.3, -0.25) is 0 Å². The van der Waals surface area contributed by atoms with Crippen LogP contribution >= 0.6 is 0 Å². The molecule has 0 aliphatic carbocycles. The minimum Gasteiger partial charge on any atom is -0.379 e. The Balaban J connectivity index is 1.80. The molecule has 0 saturated carbocycles. The van der Waals surface area contributed by atoms with Crippen LogP contribution in [0, 0.1) is 11.3 Å². The van der Waals surface area contributed by atoms with Gasteiger partial charge in [0.05, 0.1) is 18.8 Å². The molecule has 19 heavy (non-hydrogen) atoms. The SMILES string of the molecule is N#CC(N)(CCOCC1CCCO1)c1ccccc1. The van der Waals surface area contributed by atoms with Gasteiger partial charge in [-0.15, -0.1) is 0 Å². The van der Waals surface area contributed by atoms with E-state index in [9.17, 15) is 5.26 Å². The highest BCUT2D eigenvalue weighted by Gasteiger charge is 2.26. The van der Waals surface area contributed by atoms with Crippen molar-refractivity contribution in [3.05, 3.63) is 35.9 Å². The van der Waals surface area contributed by atoms with E-state index in [1.165, 1.54) is 0 Å². The van der Waals surface area contributed by atoms with E-state index >= 15 is 0 Å². The van der Waals surface area contributed by atoms with E-state index in [0.29, 0.717) is 19.6 Å². The second-order valence-corrected chi connectivity index (χ2v) is 4.91. The Morgan fingerprint density at radius 3 is 2.84 bits per heavy atom. The molecular weight excluding hydrogens is 240 g/mol. The fraction of sp³-hybridized carbons (Fsp3) is 0.533. The molecule has 0 spiro atoms. The van der Waals surface area contributed by atoms with Gasteiger partial charge in [-0.1, -0.05) is 30.3 Å². The Morgan fingerprint density at radius 1 is 1.42 bits per heavy atom. The van der Waals surface area contributed by atoms with Crippen molar-refractivity contribution in [2.45, 2.75) is 30.9 Å². The van der Waals surface area contributed by atoms with Crippen molar-refractivity contribution in [1.82, 2.24) is 0 Å². The minimum absolute atomic E-state index is 0.214. The summed E-state index contributed by atoms with van der Waals surface area (Å²) in [7, 11) is 0. The fourth-order valence-corrected chi connectivity index (χ4v) is 2.22. The first-order chi connectivity index (χ1) is 9.24. The van der Waals surface area contributed by atoms with Crippen molar-refractivity contribution in [2.75, 3.05) is 19.8 Å². The molecular formula is C15H20N2O2. The molecule has 2 rings (SSSR count). The highest BCUT2D eigenvalue weighted by Crippen LogP contribution is 2.21. The standard InChI is InChI=1S/C15H20N2O2/c16-12-15(17,13-5-2-1-3-6-13)8-10-18-11-14-7-4-9-19-14/h1-3,5-6,14H,4,7-11,17H2. The smallest absolute Gasteiger partial charge is 0.132 e.